The first-order valence-electron chi connectivity index (χ1n) is 8.00. The first-order valence-corrected chi connectivity index (χ1v) is 8.88. The summed E-state index contributed by atoms with van der Waals surface area (Å²) in [7, 11) is 1.61. The van der Waals surface area contributed by atoms with Gasteiger partial charge in [0, 0.05) is 24.0 Å². The predicted octanol–water partition coefficient (Wildman–Crippen LogP) is 4.40. The molecule has 0 spiro atoms. The largest absolute Gasteiger partial charge is 0.380 e. The molecule has 0 radical (unpaired) electrons. The molecule has 6 heteroatoms. The quantitative estimate of drug-likeness (QED) is 0.679. The number of carbonyl (C=O) groups excluding carboxylic acids is 2. The Morgan fingerprint density at radius 2 is 1.65 bits per heavy atom. The highest BCUT2D eigenvalue weighted by Gasteiger charge is 2.09. The van der Waals surface area contributed by atoms with Crippen LogP contribution in [0.4, 0.5) is 11.4 Å². The first-order chi connectivity index (χ1) is 12.7. The van der Waals surface area contributed by atoms with E-state index in [-0.39, 0.29) is 11.8 Å². The second-order valence-electron chi connectivity index (χ2n) is 5.60. The van der Waals surface area contributed by atoms with Crippen LogP contribution in [0.1, 0.15) is 25.6 Å². The molecule has 0 aliphatic heterocycles. The Morgan fingerprint density at radius 3 is 2.35 bits per heavy atom. The highest BCUT2D eigenvalue weighted by molar-refractivity contribution is 7.12. The fourth-order valence-corrected chi connectivity index (χ4v) is 3.07. The Kier molecular flexibility index (Phi) is 5.78. The normalized spacial score (nSPS) is 10.3. The number of ether oxygens (including phenoxy) is 1. The number of nitrogens with one attached hydrogen (secondary N) is 2. The van der Waals surface area contributed by atoms with Crippen molar-refractivity contribution in [3.05, 3.63) is 82.0 Å². The fraction of sp³-hybridized carbons (Fsp3) is 0.100. The average Bonchev–Trinajstić information content (AvgIpc) is 3.17. The van der Waals surface area contributed by atoms with E-state index in [1.807, 2.05) is 23.6 Å². The zero-order chi connectivity index (χ0) is 18.4. The zero-order valence-electron chi connectivity index (χ0n) is 14.2. The predicted molar refractivity (Wildman–Crippen MR) is 104 cm³/mol. The van der Waals surface area contributed by atoms with E-state index >= 15 is 0 Å². The molecule has 0 bridgehead atoms. The Bertz CT molecular complexity index is 907. The number of carbonyl (C=O) groups is 2. The Morgan fingerprint density at radius 1 is 0.923 bits per heavy atom. The number of rotatable bonds is 6. The van der Waals surface area contributed by atoms with Crippen molar-refractivity contribution in [3.63, 3.8) is 0 Å². The Labute approximate surface area is 155 Å². The summed E-state index contributed by atoms with van der Waals surface area (Å²) < 4.78 is 5.09. The molecule has 1 aromatic heterocycles. The van der Waals surface area contributed by atoms with Crippen molar-refractivity contribution >= 4 is 34.5 Å². The second-order valence-corrected chi connectivity index (χ2v) is 6.55. The van der Waals surface area contributed by atoms with Crippen molar-refractivity contribution in [3.8, 4) is 0 Å². The second kappa shape index (κ2) is 8.42. The highest BCUT2D eigenvalue weighted by Crippen LogP contribution is 2.18. The van der Waals surface area contributed by atoms with Crippen molar-refractivity contribution in [2.75, 3.05) is 17.7 Å². The molecule has 2 N–H and O–H groups in total. The van der Waals surface area contributed by atoms with E-state index in [0.29, 0.717) is 28.4 Å². The van der Waals surface area contributed by atoms with E-state index in [0.717, 1.165) is 5.56 Å². The number of amides is 2. The molecule has 26 heavy (non-hydrogen) atoms. The molecule has 0 aliphatic carbocycles. The van der Waals surface area contributed by atoms with Gasteiger partial charge in [0.15, 0.2) is 0 Å². The van der Waals surface area contributed by atoms with Crippen molar-refractivity contribution in [2.45, 2.75) is 6.61 Å². The molecular weight excluding hydrogens is 348 g/mol. The van der Waals surface area contributed by atoms with E-state index in [4.69, 9.17) is 4.74 Å². The summed E-state index contributed by atoms with van der Waals surface area (Å²) >= 11 is 1.38. The summed E-state index contributed by atoms with van der Waals surface area (Å²) in [5, 5.41) is 7.53. The van der Waals surface area contributed by atoms with E-state index in [1.165, 1.54) is 11.3 Å². The Balaban J connectivity index is 1.69. The van der Waals surface area contributed by atoms with Crippen LogP contribution < -0.4 is 10.6 Å². The third-order valence-electron chi connectivity index (χ3n) is 3.62. The maximum atomic E-state index is 12.5. The van der Waals surface area contributed by atoms with Crippen LogP contribution in [0.25, 0.3) is 0 Å². The van der Waals surface area contributed by atoms with Crippen LogP contribution in [0.15, 0.2) is 66.0 Å². The summed E-state index contributed by atoms with van der Waals surface area (Å²) in [6, 6.07) is 17.9. The number of hydrogen-bond acceptors (Lipinski definition) is 4. The van der Waals surface area contributed by atoms with E-state index in [1.54, 1.807) is 49.6 Å². The lowest BCUT2D eigenvalue weighted by atomic mass is 10.1. The van der Waals surface area contributed by atoms with Crippen LogP contribution in [0.2, 0.25) is 0 Å². The summed E-state index contributed by atoms with van der Waals surface area (Å²) in [4.78, 5) is 25.2. The maximum Gasteiger partial charge on any atom is 0.265 e. The lowest BCUT2D eigenvalue weighted by Gasteiger charge is -2.09. The highest BCUT2D eigenvalue weighted by atomic mass is 32.1. The van der Waals surface area contributed by atoms with Crippen molar-refractivity contribution in [1.29, 1.82) is 0 Å². The summed E-state index contributed by atoms with van der Waals surface area (Å²) in [5.41, 5.74) is 2.70. The van der Waals surface area contributed by atoms with E-state index in [2.05, 4.69) is 10.6 Å². The summed E-state index contributed by atoms with van der Waals surface area (Å²) in [6.45, 7) is 0.450. The van der Waals surface area contributed by atoms with Gasteiger partial charge in [-0.3, -0.25) is 9.59 Å². The van der Waals surface area contributed by atoms with Crippen LogP contribution >= 0.6 is 11.3 Å². The Hall–Kier alpha value is -2.96. The number of methoxy groups -OCH3 is 1. The smallest absolute Gasteiger partial charge is 0.265 e. The molecule has 3 rings (SSSR count). The molecule has 2 aromatic carbocycles. The third kappa shape index (κ3) is 4.56. The third-order valence-corrected chi connectivity index (χ3v) is 4.49. The van der Waals surface area contributed by atoms with Gasteiger partial charge in [0.2, 0.25) is 0 Å². The molecule has 3 aromatic rings. The van der Waals surface area contributed by atoms with Gasteiger partial charge in [0.25, 0.3) is 11.8 Å². The van der Waals surface area contributed by atoms with Gasteiger partial charge in [-0.2, -0.15) is 0 Å². The number of benzene rings is 2. The number of hydrogen-bond donors (Lipinski definition) is 2. The van der Waals surface area contributed by atoms with Gasteiger partial charge in [-0.05, 0) is 47.3 Å². The first kappa shape index (κ1) is 17.8. The maximum absolute atomic E-state index is 12.5. The topological polar surface area (TPSA) is 67.4 Å². The fourth-order valence-electron chi connectivity index (χ4n) is 2.45. The van der Waals surface area contributed by atoms with Gasteiger partial charge in [0.1, 0.15) is 0 Å². The minimum absolute atomic E-state index is 0.171. The lowest BCUT2D eigenvalue weighted by Crippen LogP contribution is -2.13. The van der Waals surface area contributed by atoms with Gasteiger partial charge in [-0.1, -0.05) is 24.3 Å². The summed E-state index contributed by atoms with van der Waals surface area (Å²) in [5.74, 6) is -0.388. The summed E-state index contributed by atoms with van der Waals surface area (Å²) in [6.07, 6.45) is 0. The SMILES string of the molecule is COCc1cccc(C(=O)Nc2cccc(NC(=O)c3cccs3)c2)c1. The van der Waals surface area contributed by atoms with Gasteiger partial charge >= 0.3 is 0 Å². The minimum atomic E-state index is -0.218. The molecule has 0 atom stereocenters. The molecule has 0 aliphatic rings. The molecule has 0 saturated heterocycles. The number of anilines is 2. The molecule has 1 heterocycles. The van der Waals surface area contributed by atoms with Gasteiger partial charge in [-0.25, -0.2) is 0 Å². The van der Waals surface area contributed by atoms with Crippen LogP contribution in [0.3, 0.4) is 0 Å². The monoisotopic (exact) mass is 366 g/mol. The number of thiophene rings is 1. The van der Waals surface area contributed by atoms with Gasteiger partial charge < -0.3 is 15.4 Å². The molecule has 0 fully saturated rings. The van der Waals surface area contributed by atoms with Crippen molar-refractivity contribution in [2.24, 2.45) is 0 Å². The zero-order valence-corrected chi connectivity index (χ0v) is 15.0. The van der Waals surface area contributed by atoms with Gasteiger partial charge in [0.05, 0.1) is 11.5 Å². The molecule has 132 valence electrons. The standard InChI is InChI=1S/C20H18N2O3S/c1-25-13-14-5-2-6-15(11-14)19(23)21-16-7-3-8-17(12-16)22-20(24)18-9-4-10-26-18/h2-12H,13H2,1H3,(H,21,23)(H,22,24). The van der Waals surface area contributed by atoms with Crippen LogP contribution in [-0.2, 0) is 11.3 Å². The molecule has 0 unspecified atom stereocenters. The average molecular weight is 366 g/mol. The van der Waals surface area contributed by atoms with Crippen molar-refractivity contribution < 1.29 is 14.3 Å². The molecular formula is C20H18N2O3S. The van der Waals surface area contributed by atoms with Gasteiger partial charge in [-0.15, -0.1) is 11.3 Å². The van der Waals surface area contributed by atoms with Crippen LogP contribution in [-0.4, -0.2) is 18.9 Å². The van der Waals surface area contributed by atoms with Crippen LogP contribution in [0, 0.1) is 0 Å². The van der Waals surface area contributed by atoms with Crippen molar-refractivity contribution in [1.82, 2.24) is 0 Å². The minimum Gasteiger partial charge on any atom is -0.380 e. The molecule has 5 nitrogen and oxygen atoms in total. The van der Waals surface area contributed by atoms with E-state index < -0.39 is 0 Å². The molecule has 0 saturated carbocycles. The lowest BCUT2D eigenvalue weighted by molar-refractivity contribution is 0.102. The van der Waals surface area contributed by atoms with Crippen LogP contribution in [0.5, 0.6) is 0 Å². The van der Waals surface area contributed by atoms with E-state index in [9.17, 15) is 9.59 Å². The molecule has 2 amide bonds.